The molecule has 22 heavy (non-hydrogen) atoms. The zero-order valence-corrected chi connectivity index (χ0v) is 13.5. The molecule has 118 valence electrons. The summed E-state index contributed by atoms with van der Waals surface area (Å²) in [5, 5.41) is 4.30. The Morgan fingerprint density at radius 1 is 1.36 bits per heavy atom. The monoisotopic (exact) mass is 343 g/mol. The molecule has 0 aliphatic carbocycles. The standard InChI is InChI=1S/C13H14ClN3O4S/c1-3-21-13(18)11-8-15-17(2)12(11)16-22(19,20)10-6-4-9(14)5-7-10/h4-8,16H,3H2,1-2H3. The zero-order valence-electron chi connectivity index (χ0n) is 11.9. The summed E-state index contributed by atoms with van der Waals surface area (Å²) < 4.78 is 33.2. The quantitative estimate of drug-likeness (QED) is 0.839. The number of esters is 1. The van der Waals surface area contributed by atoms with E-state index in [1.807, 2.05) is 0 Å². The molecule has 0 amide bonds. The molecule has 0 spiro atoms. The molecule has 0 saturated carbocycles. The van der Waals surface area contributed by atoms with Crippen LogP contribution in [0.4, 0.5) is 5.82 Å². The van der Waals surface area contributed by atoms with Crippen LogP contribution in [-0.2, 0) is 21.8 Å². The first-order valence-electron chi connectivity index (χ1n) is 6.32. The third-order valence-electron chi connectivity index (χ3n) is 2.79. The van der Waals surface area contributed by atoms with E-state index < -0.39 is 16.0 Å². The summed E-state index contributed by atoms with van der Waals surface area (Å²) in [7, 11) is -2.35. The van der Waals surface area contributed by atoms with E-state index in [1.165, 1.54) is 42.2 Å². The number of rotatable bonds is 5. The van der Waals surface area contributed by atoms with Gasteiger partial charge in [0.1, 0.15) is 5.56 Å². The van der Waals surface area contributed by atoms with E-state index in [4.69, 9.17) is 16.3 Å². The maximum Gasteiger partial charge on any atom is 0.343 e. The van der Waals surface area contributed by atoms with E-state index in [2.05, 4.69) is 9.82 Å². The zero-order chi connectivity index (χ0) is 16.3. The number of aryl methyl sites for hydroxylation is 1. The van der Waals surface area contributed by atoms with Crippen LogP contribution in [-0.4, -0.2) is 30.8 Å². The number of sulfonamides is 1. The molecule has 0 atom stereocenters. The lowest BCUT2D eigenvalue weighted by atomic mass is 10.3. The van der Waals surface area contributed by atoms with E-state index in [0.717, 1.165) is 0 Å². The average molecular weight is 344 g/mol. The highest BCUT2D eigenvalue weighted by molar-refractivity contribution is 7.92. The second kappa shape index (κ2) is 6.37. The molecule has 1 aromatic carbocycles. The van der Waals surface area contributed by atoms with Gasteiger partial charge in [-0.05, 0) is 31.2 Å². The van der Waals surface area contributed by atoms with Gasteiger partial charge in [0, 0.05) is 12.1 Å². The topological polar surface area (TPSA) is 90.3 Å². The van der Waals surface area contributed by atoms with Gasteiger partial charge in [-0.15, -0.1) is 0 Å². The number of nitrogens with zero attached hydrogens (tertiary/aromatic N) is 2. The molecule has 0 aliphatic rings. The number of benzene rings is 1. The number of halogens is 1. The second-order valence-electron chi connectivity index (χ2n) is 4.31. The first-order valence-corrected chi connectivity index (χ1v) is 8.18. The van der Waals surface area contributed by atoms with Gasteiger partial charge in [0.05, 0.1) is 17.7 Å². The van der Waals surface area contributed by atoms with Crippen molar-refractivity contribution >= 4 is 33.4 Å². The van der Waals surface area contributed by atoms with E-state index in [-0.39, 0.29) is 22.9 Å². The van der Waals surface area contributed by atoms with E-state index in [1.54, 1.807) is 6.92 Å². The van der Waals surface area contributed by atoms with Gasteiger partial charge in [0.15, 0.2) is 5.82 Å². The van der Waals surface area contributed by atoms with Crippen LogP contribution in [0, 0.1) is 0 Å². The molecule has 9 heteroatoms. The van der Waals surface area contributed by atoms with Crippen molar-refractivity contribution in [3.05, 3.63) is 41.0 Å². The van der Waals surface area contributed by atoms with Crippen LogP contribution in [0.15, 0.2) is 35.4 Å². The summed E-state index contributed by atoms with van der Waals surface area (Å²) in [5.41, 5.74) is 0.0434. The number of ether oxygens (including phenoxy) is 1. The predicted octanol–water partition coefficient (Wildman–Crippen LogP) is 2.05. The van der Waals surface area contributed by atoms with Gasteiger partial charge in [0.25, 0.3) is 10.0 Å². The fourth-order valence-electron chi connectivity index (χ4n) is 1.72. The highest BCUT2D eigenvalue weighted by Gasteiger charge is 2.23. The molecule has 0 saturated heterocycles. The minimum Gasteiger partial charge on any atom is -0.462 e. The van der Waals surface area contributed by atoms with Gasteiger partial charge in [0.2, 0.25) is 0 Å². The summed E-state index contributed by atoms with van der Waals surface area (Å²) in [6.45, 7) is 1.84. The molecule has 0 bridgehead atoms. The minimum absolute atomic E-state index is 0.0212. The summed E-state index contributed by atoms with van der Waals surface area (Å²) in [6.07, 6.45) is 1.25. The molecule has 2 aromatic rings. The SMILES string of the molecule is CCOC(=O)c1cnn(C)c1NS(=O)(=O)c1ccc(Cl)cc1. The van der Waals surface area contributed by atoms with Crippen molar-refractivity contribution in [2.24, 2.45) is 7.05 Å². The van der Waals surface area contributed by atoms with Gasteiger partial charge >= 0.3 is 5.97 Å². The van der Waals surface area contributed by atoms with Crippen LogP contribution in [0.5, 0.6) is 0 Å². The lowest BCUT2D eigenvalue weighted by molar-refractivity contribution is 0.0527. The lowest BCUT2D eigenvalue weighted by Gasteiger charge is -2.10. The normalized spacial score (nSPS) is 11.2. The van der Waals surface area contributed by atoms with Crippen LogP contribution >= 0.6 is 11.6 Å². The summed E-state index contributed by atoms with van der Waals surface area (Å²) >= 11 is 5.74. The van der Waals surface area contributed by atoms with Gasteiger partial charge in [-0.1, -0.05) is 11.6 Å². The third-order valence-corrected chi connectivity index (χ3v) is 4.40. The smallest absolute Gasteiger partial charge is 0.343 e. The first kappa shape index (κ1) is 16.3. The second-order valence-corrected chi connectivity index (χ2v) is 6.43. The lowest BCUT2D eigenvalue weighted by Crippen LogP contribution is -2.18. The maximum absolute atomic E-state index is 12.3. The van der Waals surface area contributed by atoms with Crippen LogP contribution in [0.2, 0.25) is 5.02 Å². The van der Waals surface area contributed by atoms with E-state index >= 15 is 0 Å². The molecule has 0 fully saturated rings. The maximum atomic E-state index is 12.3. The molecule has 1 heterocycles. The molecule has 0 aliphatic heterocycles. The largest absolute Gasteiger partial charge is 0.462 e. The fraction of sp³-hybridized carbons (Fsp3) is 0.231. The average Bonchev–Trinajstić information content (AvgIpc) is 2.80. The highest BCUT2D eigenvalue weighted by atomic mass is 35.5. The number of hydrogen-bond acceptors (Lipinski definition) is 5. The Hall–Kier alpha value is -2.06. The number of carbonyl (C=O) groups excluding carboxylic acids is 1. The minimum atomic E-state index is -3.87. The summed E-state index contributed by atoms with van der Waals surface area (Å²) in [4.78, 5) is 11.8. The molecule has 0 unspecified atom stereocenters. The van der Waals surface area contributed by atoms with Gasteiger partial charge < -0.3 is 4.74 Å². The number of carbonyl (C=O) groups is 1. The Morgan fingerprint density at radius 2 is 2.00 bits per heavy atom. The molecule has 2 rings (SSSR count). The van der Waals surface area contributed by atoms with Crippen molar-refractivity contribution in [3.63, 3.8) is 0 Å². The molecule has 1 N–H and O–H groups in total. The van der Waals surface area contributed by atoms with Crippen LogP contribution in [0.3, 0.4) is 0 Å². The van der Waals surface area contributed by atoms with Crippen molar-refractivity contribution in [1.29, 1.82) is 0 Å². The van der Waals surface area contributed by atoms with Crippen LogP contribution in [0.1, 0.15) is 17.3 Å². The third kappa shape index (κ3) is 3.40. The molecule has 0 radical (unpaired) electrons. The van der Waals surface area contributed by atoms with Crippen molar-refractivity contribution in [1.82, 2.24) is 9.78 Å². The molecule has 7 nitrogen and oxygen atoms in total. The van der Waals surface area contributed by atoms with Gasteiger partial charge in [-0.25, -0.2) is 13.2 Å². The van der Waals surface area contributed by atoms with Crippen LogP contribution < -0.4 is 4.72 Å². The molecular weight excluding hydrogens is 330 g/mol. The van der Waals surface area contributed by atoms with E-state index in [0.29, 0.717) is 5.02 Å². The number of nitrogens with one attached hydrogen (secondary N) is 1. The molecule has 1 aromatic heterocycles. The van der Waals surface area contributed by atoms with Crippen molar-refractivity contribution in [2.75, 3.05) is 11.3 Å². The summed E-state index contributed by atoms with van der Waals surface area (Å²) in [5.74, 6) is -0.613. The van der Waals surface area contributed by atoms with E-state index in [9.17, 15) is 13.2 Å². The van der Waals surface area contributed by atoms with Gasteiger partial charge in [-0.2, -0.15) is 5.10 Å². The Morgan fingerprint density at radius 3 is 2.59 bits per heavy atom. The Kier molecular flexibility index (Phi) is 4.72. The van der Waals surface area contributed by atoms with Crippen LogP contribution in [0.25, 0.3) is 0 Å². The first-order chi connectivity index (χ1) is 10.3. The van der Waals surface area contributed by atoms with Crippen molar-refractivity contribution in [2.45, 2.75) is 11.8 Å². The fourth-order valence-corrected chi connectivity index (χ4v) is 2.95. The van der Waals surface area contributed by atoms with Gasteiger partial charge in [-0.3, -0.25) is 9.40 Å². The Balaban J connectivity index is 2.36. The van der Waals surface area contributed by atoms with Crippen molar-refractivity contribution < 1.29 is 17.9 Å². The number of aromatic nitrogens is 2. The Labute approximate surface area is 132 Å². The Bertz CT molecular complexity index is 784. The number of hydrogen-bond donors (Lipinski definition) is 1. The summed E-state index contributed by atoms with van der Waals surface area (Å²) in [6, 6.07) is 5.66. The number of anilines is 1. The molecular formula is C13H14ClN3O4S. The van der Waals surface area contributed by atoms with Crippen molar-refractivity contribution in [3.8, 4) is 0 Å². The highest BCUT2D eigenvalue weighted by Crippen LogP contribution is 2.21. The predicted molar refractivity (Wildman–Crippen MR) is 81.4 cm³/mol.